The average molecular weight is 496 g/mol. The third-order valence-corrected chi connectivity index (χ3v) is 9.69. The molecule has 2 aliphatic heterocycles. The number of pyridine rings is 1. The van der Waals surface area contributed by atoms with Crippen LogP contribution in [-0.4, -0.2) is 76.6 Å². The molecule has 3 fully saturated rings. The summed E-state index contributed by atoms with van der Waals surface area (Å²) < 4.78 is 25.0. The lowest BCUT2D eigenvalue weighted by atomic mass is 9.79. The number of aromatic amines is 1. The number of nitrogens with zero attached hydrogens (tertiary/aromatic N) is 5. The highest BCUT2D eigenvalue weighted by Gasteiger charge is 2.36. The van der Waals surface area contributed by atoms with Crippen LogP contribution in [0.2, 0.25) is 0 Å². The number of likely N-dealkylation sites (tertiary alicyclic amines) is 2. The summed E-state index contributed by atoms with van der Waals surface area (Å²) in [5.74, 6) is 1.16. The summed E-state index contributed by atoms with van der Waals surface area (Å²) >= 11 is -2.08. The van der Waals surface area contributed by atoms with Crippen LogP contribution in [0.1, 0.15) is 63.0 Å². The number of nitrogens with one attached hydrogen (secondary N) is 1. The molecule has 0 bridgehead atoms. The first kappa shape index (κ1) is 23.5. The van der Waals surface area contributed by atoms with Gasteiger partial charge >= 0.3 is 0 Å². The summed E-state index contributed by atoms with van der Waals surface area (Å²) in [6.45, 7) is 5.38. The van der Waals surface area contributed by atoms with Crippen LogP contribution in [-0.2, 0) is 11.1 Å². The van der Waals surface area contributed by atoms with Gasteiger partial charge in [-0.05, 0) is 106 Å². The van der Waals surface area contributed by atoms with E-state index in [9.17, 15) is 8.76 Å². The quantitative estimate of drug-likeness (QED) is 0.519. The van der Waals surface area contributed by atoms with Crippen LogP contribution < -0.4 is 0 Å². The molecule has 0 aromatic carbocycles. The van der Waals surface area contributed by atoms with E-state index in [4.69, 9.17) is 0 Å². The molecule has 1 N–H and O–H groups in total. The Balaban J connectivity index is 1.16. The number of piperidine rings is 1. The first-order chi connectivity index (χ1) is 17.2. The average Bonchev–Trinajstić information content (AvgIpc) is 3.56. The molecule has 1 saturated carbocycles. The predicted molar refractivity (Wildman–Crippen MR) is 137 cm³/mol. The molecular formula is C26H35N6O2S-. The molecule has 3 aliphatic rings. The van der Waals surface area contributed by atoms with E-state index >= 15 is 0 Å². The summed E-state index contributed by atoms with van der Waals surface area (Å²) in [6.07, 6.45) is 14.1. The Labute approximate surface area is 209 Å². The van der Waals surface area contributed by atoms with E-state index < -0.39 is 11.1 Å². The topological polar surface area (TPSA) is 101 Å². The number of fused-ring (bicyclic) bond motifs is 3. The highest BCUT2D eigenvalue weighted by Crippen LogP contribution is 2.41. The van der Waals surface area contributed by atoms with Crippen molar-refractivity contribution < 1.29 is 8.76 Å². The van der Waals surface area contributed by atoms with Crippen LogP contribution in [0, 0.1) is 11.8 Å². The maximum atomic E-state index is 12.5. The standard InChI is InChI=1S/C26H36N6O2S/c33-35(34)26(32-13-3-4-18(16-32)15-31-11-1-2-12-31)20-7-5-19(6-8-20)24-23-21-9-10-27-25(21)28-14-22(23)29-17-30-24/h9-10,14,17-20,26H,1-8,11-13,15-16H2,(H,29,30)(H,33,34)/p-1. The summed E-state index contributed by atoms with van der Waals surface area (Å²) in [6, 6.07) is 2.01. The number of H-pyrrole nitrogens is 1. The van der Waals surface area contributed by atoms with Gasteiger partial charge in [0.25, 0.3) is 0 Å². The van der Waals surface area contributed by atoms with Gasteiger partial charge < -0.3 is 14.4 Å². The summed E-state index contributed by atoms with van der Waals surface area (Å²) in [5.41, 5.74) is 2.83. The smallest absolute Gasteiger partial charge is 0.159 e. The molecule has 9 heteroatoms. The molecule has 188 valence electrons. The Hall–Kier alpha value is -1.94. The van der Waals surface area contributed by atoms with Crippen molar-refractivity contribution in [3.63, 3.8) is 0 Å². The molecule has 2 saturated heterocycles. The van der Waals surface area contributed by atoms with E-state index in [1.807, 2.05) is 6.07 Å². The monoisotopic (exact) mass is 495 g/mol. The number of aromatic nitrogens is 4. The van der Waals surface area contributed by atoms with E-state index in [0.29, 0.717) is 11.8 Å². The van der Waals surface area contributed by atoms with E-state index in [1.165, 1.54) is 38.0 Å². The lowest BCUT2D eigenvalue weighted by Crippen LogP contribution is -2.50. The third kappa shape index (κ3) is 4.75. The van der Waals surface area contributed by atoms with Crippen LogP contribution in [0.5, 0.6) is 0 Å². The van der Waals surface area contributed by atoms with Crippen molar-refractivity contribution in [1.29, 1.82) is 0 Å². The lowest BCUT2D eigenvalue weighted by molar-refractivity contribution is 0.0947. The van der Waals surface area contributed by atoms with Gasteiger partial charge in [0, 0.05) is 35.8 Å². The molecular weight excluding hydrogens is 460 g/mol. The fourth-order valence-corrected chi connectivity index (χ4v) is 7.99. The van der Waals surface area contributed by atoms with E-state index in [2.05, 4.69) is 29.7 Å². The van der Waals surface area contributed by atoms with Crippen LogP contribution in [0.4, 0.5) is 0 Å². The Morgan fingerprint density at radius 2 is 1.89 bits per heavy atom. The minimum Gasteiger partial charge on any atom is -0.771 e. The van der Waals surface area contributed by atoms with Crippen molar-refractivity contribution >= 4 is 33.0 Å². The van der Waals surface area contributed by atoms with Gasteiger partial charge in [-0.3, -0.25) is 9.11 Å². The number of hydrogen-bond acceptors (Lipinski definition) is 7. The van der Waals surface area contributed by atoms with Gasteiger partial charge in [0.1, 0.15) is 0 Å². The highest BCUT2D eigenvalue weighted by molar-refractivity contribution is 7.79. The minimum atomic E-state index is -2.08. The Morgan fingerprint density at radius 3 is 2.69 bits per heavy atom. The van der Waals surface area contributed by atoms with Gasteiger partial charge in [-0.2, -0.15) is 0 Å². The van der Waals surface area contributed by atoms with Gasteiger partial charge in [-0.1, -0.05) is 0 Å². The maximum Gasteiger partial charge on any atom is 0.159 e. The molecule has 0 spiro atoms. The van der Waals surface area contributed by atoms with Crippen molar-refractivity contribution in [2.45, 2.75) is 62.7 Å². The Kier molecular flexibility index (Phi) is 6.84. The predicted octanol–water partition coefficient (Wildman–Crippen LogP) is 3.79. The lowest BCUT2D eigenvalue weighted by Gasteiger charge is -2.45. The molecule has 35 heavy (non-hydrogen) atoms. The zero-order chi connectivity index (χ0) is 23.8. The molecule has 0 radical (unpaired) electrons. The molecule has 3 aromatic rings. The molecule has 3 aromatic heterocycles. The fourth-order valence-electron chi connectivity index (χ4n) is 6.97. The van der Waals surface area contributed by atoms with Gasteiger partial charge in [-0.15, -0.1) is 0 Å². The van der Waals surface area contributed by atoms with E-state index in [-0.39, 0.29) is 11.3 Å². The first-order valence-corrected chi connectivity index (χ1v) is 14.4. The largest absolute Gasteiger partial charge is 0.771 e. The minimum absolute atomic E-state index is 0.200. The van der Waals surface area contributed by atoms with Crippen LogP contribution in [0.15, 0.2) is 24.8 Å². The second kappa shape index (κ2) is 10.2. The van der Waals surface area contributed by atoms with Crippen LogP contribution >= 0.6 is 0 Å². The molecule has 8 nitrogen and oxygen atoms in total. The van der Waals surface area contributed by atoms with Gasteiger partial charge in [0.15, 0.2) is 5.65 Å². The van der Waals surface area contributed by atoms with Crippen LogP contribution in [0.25, 0.3) is 21.9 Å². The Morgan fingerprint density at radius 1 is 1.06 bits per heavy atom. The maximum absolute atomic E-state index is 12.5. The molecule has 1 aliphatic carbocycles. The Bertz CT molecular complexity index is 1190. The fraction of sp³-hybridized carbons (Fsp3) is 0.654. The molecule has 0 amide bonds. The highest BCUT2D eigenvalue weighted by atomic mass is 32.2. The normalized spacial score (nSPS) is 28.5. The summed E-state index contributed by atoms with van der Waals surface area (Å²) in [5, 5.41) is 1.80. The van der Waals surface area contributed by atoms with E-state index in [0.717, 1.165) is 73.7 Å². The summed E-state index contributed by atoms with van der Waals surface area (Å²) in [4.78, 5) is 21.6. The van der Waals surface area contributed by atoms with Crippen molar-refractivity contribution in [3.8, 4) is 0 Å². The second-order valence-electron chi connectivity index (χ2n) is 10.8. The molecule has 6 rings (SSSR count). The zero-order valence-electron chi connectivity index (χ0n) is 20.3. The van der Waals surface area contributed by atoms with Gasteiger partial charge in [0.05, 0.1) is 23.4 Å². The van der Waals surface area contributed by atoms with Crippen molar-refractivity contribution in [2.24, 2.45) is 11.8 Å². The molecule has 5 heterocycles. The zero-order valence-corrected chi connectivity index (χ0v) is 21.1. The summed E-state index contributed by atoms with van der Waals surface area (Å²) in [7, 11) is 0. The van der Waals surface area contributed by atoms with Crippen molar-refractivity contribution in [1.82, 2.24) is 29.7 Å². The van der Waals surface area contributed by atoms with Crippen LogP contribution in [0.3, 0.4) is 0 Å². The molecule has 3 unspecified atom stereocenters. The van der Waals surface area contributed by atoms with Gasteiger partial charge in [0.2, 0.25) is 0 Å². The SMILES string of the molecule is O=S([O-])C(C1CCC(c2[nH]cnc3cnc4nccc4c23)CC1)N1CCCC(CN2CCCC2)C1. The number of hydrogen-bond donors (Lipinski definition) is 1. The van der Waals surface area contributed by atoms with Gasteiger partial charge in [-0.25, -0.2) is 15.0 Å². The van der Waals surface area contributed by atoms with Crippen molar-refractivity contribution in [2.75, 3.05) is 32.7 Å². The second-order valence-corrected chi connectivity index (χ2v) is 11.8. The first-order valence-electron chi connectivity index (χ1n) is 13.3. The third-order valence-electron chi connectivity index (χ3n) is 8.61. The number of rotatable bonds is 6. The van der Waals surface area contributed by atoms with E-state index in [1.54, 1.807) is 18.7 Å². The molecule has 3 atom stereocenters. The van der Waals surface area contributed by atoms with Crippen molar-refractivity contribution in [3.05, 3.63) is 30.5 Å².